The van der Waals surface area contributed by atoms with Gasteiger partial charge in [0, 0.05) is 0 Å². The van der Waals surface area contributed by atoms with Gasteiger partial charge in [-0.1, -0.05) is 23.8 Å². The summed E-state index contributed by atoms with van der Waals surface area (Å²) in [4.78, 5) is 12.4. The highest BCUT2D eigenvalue weighted by atomic mass is 19.1. The van der Waals surface area contributed by atoms with Gasteiger partial charge in [0.05, 0.1) is 18.7 Å². The molecule has 3 nitrogen and oxygen atoms in total. The number of methoxy groups -OCH3 is 1. The Morgan fingerprint density at radius 1 is 1.24 bits per heavy atom. The topological polar surface area (TPSA) is 50.1 Å². The Balaban J connectivity index is 2.38. The van der Waals surface area contributed by atoms with Gasteiger partial charge in [0.2, 0.25) is 0 Å². The molecule has 0 saturated carbocycles. The fourth-order valence-electron chi connectivity index (χ4n) is 2.06. The minimum absolute atomic E-state index is 0.0580. The molecule has 0 aliphatic carbocycles. The molecule has 0 amide bonds. The monoisotopic (exact) mass is 283 g/mol. The first kappa shape index (κ1) is 14.7. The third kappa shape index (κ3) is 3.09. The van der Waals surface area contributed by atoms with Crippen molar-refractivity contribution < 1.29 is 13.9 Å². The summed E-state index contributed by atoms with van der Waals surface area (Å²) in [5, 5.41) is 9.27. The second-order valence-electron chi connectivity index (χ2n) is 4.68. The quantitative estimate of drug-likeness (QED) is 0.805. The van der Waals surface area contributed by atoms with E-state index < -0.39 is 17.5 Å². The molecule has 0 aliphatic heterocycles. The fourth-order valence-corrected chi connectivity index (χ4v) is 2.06. The van der Waals surface area contributed by atoms with Crippen molar-refractivity contribution in [1.82, 2.24) is 0 Å². The standard InChI is InChI=1S/C17H14FNO2/c1-11-3-8-16(18)14(9-11)17(20)15(10-19)12-4-6-13(21-2)7-5-12/h3-9,15H,1-2H3. The number of rotatable bonds is 4. The van der Waals surface area contributed by atoms with Crippen molar-refractivity contribution in [2.24, 2.45) is 0 Å². The van der Waals surface area contributed by atoms with Crippen LogP contribution in [0.1, 0.15) is 27.4 Å². The molecule has 2 aromatic carbocycles. The van der Waals surface area contributed by atoms with Crippen molar-refractivity contribution in [3.63, 3.8) is 0 Å². The highest BCUT2D eigenvalue weighted by molar-refractivity contribution is 6.03. The normalized spacial score (nSPS) is 11.5. The molecule has 1 unspecified atom stereocenters. The van der Waals surface area contributed by atoms with Crippen LogP contribution in [0.2, 0.25) is 0 Å². The Hall–Kier alpha value is -2.67. The first-order valence-corrected chi connectivity index (χ1v) is 6.40. The summed E-state index contributed by atoms with van der Waals surface area (Å²) in [6, 6.07) is 12.8. The number of nitriles is 1. The average molecular weight is 283 g/mol. The Labute approximate surface area is 122 Å². The van der Waals surface area contributed by atoms with Gasteiger partial charge < -0.3 is 4.74 Å². The van der Waals surface area contributed by atoms with Crippen LogP contribution < -0.4 is 4.74 Å². The predicted octanol–water partition coefficient (Wildman–Crippen LogP) is 3.63. The zero-order valence-corrected chi connectivity index (χ0v) is 11.8. The molecule has 2 rings (SSSR count). The van der Waals surface area contributed by atoms with Crippen molar-refractivity contribution in [2.45, 2.75) is 12.8 Å². The molecule has 0 N–H and O–H groups in total. The Kier molecular flexibility index (Phi) is 4.34. The van der Waals surface area contributed by atoms with Crippen LogP contribution in [0.25, 0.3) is 0 Å². The summed E-state index contributed by atoms with van der Waals surface area (Å²) in [6.07, 6.45) is 0. The van der Waals surface area contributed by atoms with Crippen LogP contribution in [0.4, 0.5) is 4.39 Å². The number of aryl methyl sites for hydroxylation is 1. The van der Waals surface area contributed by atoms with E-state index in [0.29, 0.717) is 11.3 Å². The van der Waals surface area contributed by atoms with Crippen LogP contribution in [-0.2, 0) is 0 Å². The SMILES string of the molecule is COc1ccc(C(C#N)C(=O)c2cc(C)ccc2F)cc1. The van der Waals surface area contributed by atoms with Crippen LogP contribution in [0.5, 0.6) is 5.75 Å². The van der Waals surface area contributed by atoms with Crippen molar-refractivity contribution in [3.8, 4) is 11.8 Å². The molecule has 0 heterocycles. The number of hydrogen-bond donors (Lipinski definition) is 0. The van der Waals surface area contributed by atoms with Gasteiger partial charge in [0.15, 0.2) is 5.78 Å². The fraction of sp³-hybridized carbons (Fsp3) is 0.176. The molecule has 0 bridgehead atoms. The first-order chi connectivity index (χ1) is 10.1. The molecule has 21 heavy (non-hydrogen) atoms. The molecule has 4 heteroatoms. The van der Waals surface area contributed by atoms with E-state index in [2.05, 4.69) is 0 Å². The second kappa shape index (κ2) is 6.19. The number of halogens is 1. The van der Waals surface area contributed by atoms with Crippen molar-refractivity contribution in [2.75, 3.05) is 7.11 Å². The summed E-state index contributed by atoms with van der Waals surface area (Å²) in [7, 11) is 1.53. The third-order valence-electron chi connectivity index (χ3n) is 3.23. The Morgan fingerprint density at radius 3 is 2.48 bits per heavy atom. The first-order valence-electron chi connectivity index (χ1n) is 6.40. The number of nitrogens with zero attached hydrogens (tertiary/aromatic N) is 1. The molecule has 0 fully saturated rings. The molecule has 0 saturated heterocycles. The predicted molar refractivity (Wildman–Crippen MR) is 76.8 cm³/mol. The number of carbonyl (C=O) groups excluding carboxylic acids is 1. The van der Waals surface area contributed by atoms with Gasteiger partial charge in [-0.05, 0) is 36.8 Å². The van der Waals surface area contributed by atoms with Crippen LogP contribution in [0.3, 0.4) is 0 Å². The van der Waals surface area contributed by atoms with Gasteiger partial charge >= 0.3 is 0 Å². The van der Waals surface area contributed by atoms with E-state index in [1.54, 1.807) is 37.3 Å². The van der Waals surface area contributed by atoms with Crippen LogP contribution in [0, 0.1) is 24.1 Å². The van der Waals surface area contributed by atoms with E-state index in [1.807, 2.05) is 6.07 Å². The number of hydrogen-bond acceptors (Lipinski definition) is 3. The maximum absolute atomic E-state index is 13.8. The second-order valence-corrected chi connectivity index (χ2v) is 4.68. The van der Waals surface area contributed by atoms with Crippen LogP contribution in [-0.4, -0.2) is 12.9 Å². The van der Waals surface area contributed by atoms with E-state index in [9.17, 15) is 14.4 Å². The number of ketones is 1. The van der Waals surface area contributed by atoms with Gasteiger partial charge in [-0.25, -0.2) is 4.39 Å². The lowest BCUT2D eigenvalue weighted by molar-refractivity contribution is 0.0975. The summed E-state index contributed by atoms with van der Waals surface area (Å²) in [5.41, 5.74) is 1.23. The van der Waals surface area contributed by atoms with Gasteiger partial charge in [-0.2, -0.15) is 5.26 Å². The molecule has 106 valence electrons. The minimum Gasteiger partial charge on any atom is -0.497 e. The van der Waals surface area contributed by atoms with Crippen LogP contribution >= 0.6 is 0 Å². The molecule has 0 spiro atoms. The summed E-state index contributed by atoms with van der Waals surface area (Å²) in [5.74, 6) is -1.56. The summed E-state index contributed by atoms with van der Waals surface area (Å²) >= 11 is 0. The highest BCUT2D eigenvalue weighted by Crippen LogP contribution is 2.24. The maximum atomic E-state index is 13.8. The highest BCUT2D eigenvalue weighted by Gasteiger charge is 2.24. The zero-order chi connectivity index (χ0) is 15.4. The van der Waals surface area contributed by atoms with Crippen LogP contribution in [0.15, 0.2) is 42.5 Å². The van der Waals surface area contributed by atoms with Crippen molar-refractivity contribution in [1.29, 1.82) is 5.26 Å². The van der Waals surface area contributed by atoms with Gasteiger partial charge in [-0.3, -0.25) is 4.79 Å². The van der Waals surface area contributed by atoms with Gasteiger partial charge in [-0.15, -0.1) is 0 Å². The van der Waals surface area contributed by atoms with Gasteiger partial charge in [0.25, 0.3) is 0 Å². The molecular weight excluding hydrogens is 269 g/mol. The number of carbonyl (C=O) groups is 1. The van der Waals surface area contributed by atoms with E-state index in [1.165, 1.54) is 19.2 Å². The Bertz CT molecular complexity index is 702. The summed E-state index contributed by atoms with van der Waals surface area (Å²) in [6.45, 7) is 1.77. The molecule has 0 radical (unpaired) electrons. The molecule has 1 atom stereocenters. The van der Waals surface area contributed by atoms with E-state index in [0.717, 1.165) is 5.56 Å². The largest absolute Gasteiger partial charge is 0.497 e. The average Bonchev–Trinajstić information content (AvgIpc) is 2.51. The van der Waals surface area contributed by atoms with Gasteiger partial charge in [0.1, 0.15) is 17.5 Å². The molecule has 2 aromatic rings. The van der Waals surface area contributed by atoms with Crippen molar-refractivity contribution >= 4 is 5.78 Å². The third-order valence-corrected chi connectivity index (χ3v) is 3.23. The Morgan fingerprint density at radius 2 is 1.90 bits per heavy atom. The lowest BCUT2D eigenvalue weighted by Crippen LogP contribution is -2.13. The summed E-state index contributed by atoms with van der Waals surface area (Å²) < 4.78 is 18.8. The maximum Gasteiger partial charge on any atom is 0.187 e. The van der Waals surface area contributed by atoms with E-state index >= 15 is 0 Å². The molecule has 0 aliphatic rings. The number of ether oxygens (including phenoxy) is 1. The number of Topliss-reactive ketones (excluding diaryl/α,β-unsaturated/α-hetero) is 1. The number of benzene rings is 2. The van der Waals surface area contributed by atoms with Crippen molar-refractivity contribution in [3.05, 3.63) is 65.0 Å². The lowest BCUT2D eigenvalue weighted by atomic mass is 9.91. The van der Waals surface area contributed by atoms with E-state index in [4.69, 9.17) is 4.74 Å². The molecular formula is C17H14FNO2. The lowest BCUT2D eigenvalue weighted by Gasteiger charge is -2.10. The molecule has 0 aromatic heterocycles. The smallest absolute Gasteiger partial charge is 0.187 e. The zero-order valence-electron chi connectivity index (χ0n) is 11.8. The minimum atomic E-state index is -1.03. The van der Waals surface area contributed by atoms with E-state index in [-0.39, 0.29) is 5.56 Å².